The zero-order valence-electron chi connectivity index (χ0n) is 17.2. The molecule has 0 aromatic heterocycles. The molecule has 1 amide bonds. The number of anilines is 1. The highest BCUT2D eigenvalue weighted by Gasteiger charge is 2.25. The summed E-state index contributed by atoms with van der Waals surface area (Å²) in [7, 11) is 1.65. The number of halogens is 2. The lowest BCUT2D eigenvalue weighted by Crippen LogP contribution is -2.53. The van der Waals surface area contributed by atoms with Gasteiger partial charge in [-0.15, -0.1) is 0 Å². The first-order valence-electron chi connectivity index (χ1n) is 9.95. The Morgan fingerprint density at radius 2 is 1.63 bits per heavy atom. The van der Waals surface area contributed by atoms with Crippen molar-refractivity contribution in [2.75, 3.05) is 51.8 Å². The molecule has 0 saturated carbocycles. The van der Waals surface area contributed by atoms with Crippen molar-refractivity contribution in [3.8, 4) is 11.5 Å². The summed E-state index contributed by atoms with van der Waals surface area (Å²) in [6.45, 7) is 6.84. The van der Waals surface area contributed by atoms with E-state index < -0.39 is 0 Å². The van der Waals surface area contributed by atoms with E-state index in [1.165, 1.54) is 0 Å². The van der Waals surface area contributed by atoms with Gasteiger partial charge in [-0.05, 0) is 49.4 Å². The van der Waals surface area contributed by atoms with Crippen LogP contribution in [0.25, 0.3) is 0 Å². The standard InChI is InChI=1S/C22H27Cl2N3O3/c1-16(22(28)25-19-14-17(23)13-18(24)15-19)27-9-7-26(8-10-27)11-12-30-21-5-3-20(29-2)4-6-21/h3-6,13-16H,7-12H2,1-2H3,(H,25,28). The second-order valence-corrected chi connectivity index (χ2v) is 8.10. The van der Waals surface area contributed by atoms with Crippen molar-refractivity contribution in [2.24, 2.45) is 0 Å². The highest BCUT2D eigenvalue weighted by atomic mass is 35.5. The summed E-state index contributed by atoms with van der Waals surface area (Å²) in [5.41, 5.74) is 0.610. The van der Waals surface area contributed by atoms with Crippen molar-refractivity contribution in [2.45, 2.75) is 13.0 Å². The Hall–Kier alpha value is -1.99. The minimum Gasteiger partial charge on any atom is -0.497 e. The molecule has 1 atom stereocenters. The van der Waals surface area contributed by atoms with Gasteiger partial charge in [0, 0.05) is 48.5 Å². The van der Waals surface area contributed by atoms with E-state index in [-0.39, 0.29) is 11.9 Å². The summed E-state index contributed by atoms with van der Waals surface area (Å²) in [4.78, 5) is 17.1. The molecule has 1 saturated heterocycles. The van der Waals surface area contributed by atoms with Gasteiger partial charge in [-0.3, -0.25) is 14.6 Å². The first-order valence-corrected chi connectivity index (χ1v) is 10.7. The SMILES string of the molecule is COc1ccc(OCCN2CCN(C(C)C(=O)Nc3cc(Cl)cc(Cl)c3)CC2)cc1. The maximum absolute atomic E-state index is 12.6. The number of methoxy groups -OCH3 is 1. The first-order chi connectivity index (χ1) is 14.4. The minimum atomic E-state index is -0.236. The summed E-state index contributed by atoms with van der Waals surface area (Å²) < 4.78 is 11.0. The number of nitrogens with zero attached hydrogens (tertiary/aromatic N) is 2. The van der Waals surface area contributed by atoms with Crippen LogP contribution in [0.3, 0.4) is 0 Å². The maximum Gasteiger partial charge on any atom is 0.241 e. The molecule has 2 aromatic carbocycles. The van der Waals surface area contributed by atoms with Crippen molar-refractivity contribution in [1.29, 1.82) is 0 Å². The molecule has 0 bridgehead atoms. The number of carbonyl (C=O) groups is 1. The highest BCUT2D eigenvalue weighted by molar-refractivity contribution is 6.35. The van der Waals surface area contributed by atoms with Crippen LogP contribution in [0.2, 0.25) is 10.0 Å². The van der Waals surface area contributed by atoms with Crippen LogP contribution in [0.5, 0.6) is 11.5 Å². The number of piperazine rings is 1. The van der Waals surface area contributed by atoms with Gasteiger partial charge in [0.2, 0.25) is 5.91 Å². The van der Waals surface area contributed by atoms with Gasteiger partial charge in [0.15, 0.2) is 0 Å². The average molecular weight is 452 g/mol. The third-order valence-electron chi connectivity index (χ3n) is 5.20. The number of hydrogen-bond donors (Lipinski definition) is 1. The molecule has 1 N–H and O–H groups in total. The van der Waals surface area contributed by atoms with Crippen LogP contribution in [-0.2, 0) is 4.79 Å². The van der Waals surface area contributed by atoms with Crippen molar-refractivity contribution in [3.63, 3.8) is 0 Å². The molecule has 0 radical (unpaired) electrons. The van der Waals surface area contributed by atoms with Gasteiger partial charge in [0.1, 0.15) is 18.1 Å². The fourth-order valence-electron chi connectivity index (χ4n) is 3.38. The minimum absolute atomic E-state index is 0.0652. The molecule has 1 unspecified atom stereocenters. The zero-order valence-corrected chi connectivity index (χ0v) is 18.7. The zero-order chi connectivity index (χ0) is 21.5. The number of nitrogens with one attached hydrogen (secondary N) is 1. The summed E-state index contributed by atoms with van der Waals surface area (Å²) >= 11 is 12.0. The molecule has 6 nitrogen and oxygen atoms in total. The molecule has 1 aliphatic heterocycles. The van der Waals surface area contributed by atoms with E-state index in [2.05, 4.69) is 15.1 Å². The lowest BCUT2D eigenvalue weighted by molar-refractivity contribution is -0.121. The summed E-state index contributed by atoms with van der Waals surface area (Å²) in [6, 6.07) is 12.4. The van der Waals surface area contributed by atoms with E-state index in [9.17, 15) is 4.79 Å². The van der Waals surface area contributed by atoms with Crippen LogP contribution < -0.4 is 14.8 Å². The van der Waals surface area contributed by atoms with Crippen LogP contribution in [-0.4, -0.2) is 68.2 Å². The van der Waals surface area contributed by atoms with Crippen LogP contribution >= 0.6 is 23.2 Å². The van der Waals surface area contributed by atoms with E-state index in [4.69, 9.17) is 32.7 Å². The third kappa shape index (κ3) is 6.51. The van der Waals surface area contributed by atoms with Gasteiger partial charge in [-0.2, -0.15) is 0 Å². The van der Waals surface area contributed by atoms with Crippen LogP contribution in [0.15, 0.2) is 42.5 Å². The molecule has 162 valence electrons. The Balaban J connectivity index is 1.40. The first kappa shape index (κ1) is 22.7. The van der Waals surface area contributed by atoms with E-state index in [0.717, 1.165) is 44.2 Å². The van der Waals surface area contributed by atoms with E-state index in [0.29, 0.717) is 22.3 Å². The smallest absolute Gasteiger partial charge is 0.241 e. The van der Waals surface area contributed by atoms with E-state index >= 15 is 0 Å². The maximum atomic E-state index is 12.6. The van der Waals surface area contributed by atoms with Crippen molar-refractivity contribution in [3.05, 3.63) is 52.5 Å². The quantitative estimate of drug-likeness (QED) is 0.656. The van der Waals surface area contributed by atoms with Gasteiger partial charge < -0.3 is 14.8 Å². The molecule has 3 rings (SSSR count). The Morgan fingerprint density at radius 3 is 2.23 bits per heavy atom. The topological polar surface area (TPSA) is 54.0 Å². The Labute approximate surface area is 187 Å². The third-order valence-corrected chi connectivity index (χ3v) is 5.64. The van der Waals surface area contributed by atoms with Gasteiger partial charge in [-0.1, -0.05) is 23.2 Å². The monoisotopic (exact) mass is 451 g/mol. The Morgan fingerprint density at radius 1 is 1.03 bits per heavy atom. The Bertz CT molecular complexity index is 820. The summed E-state index contributed by atoms with van der Waals surface area (Å²) in [5.74, 6) is 1.58. The van der Waals surface area contributed by atoms with Gasteiger partial charge in [0.25, 0.3) is 0 Å². The molecule has 0 aliphatic carbocycles. The van der Waals surface area contributed by atoms with Crippen LogP contribution in [0.4, 0.5) is 5.69 Å². The summed E-state index contributed by atoms with van der Waals surface area (Å²) in [5, 5.41) is 3.89. The lowest BCUT2D eigenvalue weighted by atomic mass is 10.2. The molecular weight excluding hydrogens is 425 g/mol. The number of amides is 1. The fourth-order valence-corrected chi connectivity index (χ4v) is 3.90. The molecular formula is C22H27Cl2N3O3. The van der Waals surface area contributed by atoms with Crippen molar-refractivity contribution >= 4 is 34.8 Å². The number of carbonyl (C=O) groups excluding carboxylic acids is 1. The second kappa shape index (κ2) is 10.9. The number of rotatable bonds is 8. The number of benzene rings is 2. The number of hydrogen-bond acceptors (Lipinski definition) is 5. The molecule has 1 aliphatic rings. The van der Waals surface area contributed by atoms with Gasteiger partial charge in [-0.25, -0.2) is 0 Å². The molecule has 2 aromatic rings. The van der Waals surface area contributed by atoms with Crippen molar-refractivity contribution < 1.29 is 14.3 Å². The lowest BCUT2D eigenvalue weighted by Gasteiger charge is -2.37. The molecule has 1 fully saturated rings. The van der Waals surface area contributed by atoms with Crippen LogP contribution in [0, 0.1) is 0 Å². The van der Waals surface area contributed by atoms with Gasteiger partial charge in [0.05, 0.1) is 13.2 Å². The molecule has 1 heterocycles. The van der Waals surface area contributed by atoms with E-state index in [1.807, 2.05) is 31.2 Å². The Kier molecular flexibility index (Phi) is 8.22. The molecule has 8 heteroatoms. The van der Waals surface area contributed by atoms with Gasteiger partial charge >= 0.3 is 0 Å². The van der Waals surface area contributed by atoms with Crippen molar-refractivity contribution in [1.82, 2.24) is 9.80 Å². The van der Waals surface area contributed by atoms with E-state index in [1.54, 1.807) is 25.3 Å². The average Bonchev–Trinajstić information content (AvgIpc) is 2.73. The molecule has 30 heavy (non-hydrogen) atoms. The number of ether oxygens (including phenoxy) is 2. The van der Waals surface area contributed by atoms with Crippen LogP contribution in [0.1, 0.15) is 6.92 Å². The predicted octanol–water partition coefficient (Wildman–Crippen LogP) is 4.03. The normalized spacial score (nSPS) is 16.1. The summed E-state index contributed by atoms with van der Waals surface area (Å²) in [6.07, 6.45) is 0. The predicted molar refractivity (Wildman–Crippen MR) is 121 cm³/mol. The largest absolute Gasteiger partial charge is 0.497 e. The second-order valence-electron chi connectivity index (χ2n) is 7.22. The fraction of sp³-hybridized carbons (Fsp3) is 0.409. The highest BCUT2D eigenvalue weighted by Crippen LogP contribution is 2.23. The molecule has 0 spiro atoms.